The standard InChI is InChI=1S/C18H11NSe/c1-3-7-15-11(5-1)13-9-14-12-6-2-4-8-17(12)20-18(14)10-16(13)19-15/h1-10,19H. The molecular formula is C18H11NSe. The Kier molecular flexibility index (Phi) is 2.01. The van der Waals surface area contributed by atoms with Gasteiger partial charge in [0, 0.05) is 0 Å². The Morgan fingerprint density at radius 2 is 1.40 bits per heavy atom. The van der Waals surface area contributed by atoms with E-state index in [2.05, 4.69) is 65.6 Å². The Labute approximate surface area is 121 Å². The summed E-state index contributed by atoms with van der Waals surface area (Å²) in [5.41, 5.74) is 2.49. The molecule has 0 aliphatic heterocycles. The van der Waals surface area contributed by atoms with Gasteiger partial charge in [0.1, 0.15) is 0 Å². The Balaban J connectivity index is 2.06. The minimum atomic E-state index is 0.442. The minimum absolute atomic E-state index is 0.442. The van der Waals surface area contributed by atoms with E-state index in [1.807, 2.05) is 0 Å². The maximum absolute atomic E-state index is 3.54. The van der Waals surface area contributed by atoms with Crippen molar-refractivity contribution in [2.45, 2.75) is 0 Å². The maximum atomic E-state index is 3.54. The summed E-state index contributed by atoms with van der Waals surface area (Å²) in [6.07, 6.45) is 0. The first-order valence-electron chi connectivity index (χ1n) is 6.72. The predicted molar refractivity (Wildman–Crippen MR) is 87.8 cm³/mol. The molecule has 20 heavy (non-hydrogen) atoms. The van der Waals surface area contributed by atoms with E-state index in [0.717, 1.165) is 0 Å². The molecule has 1 nitrogen and oxygen atoms in total. The molecule has 0 atom stereocenters. The van der Waals surface area contributed by atoms with Crippen LogP contribution in [-0.2, 0) is 0 Å². The molecule has 0 unspecified atom stereocenters. The molecular weight excluding hydrogens is 309 g/mol. The van der Waals surface area contributed by atoms with E-state index >= 15 is 0 Å². The third kappa shape index (κ3) is 1.33. The van der Waals surface area contributed by atoms with Gasteiger partial charge < -0.3 is 0 Å². The van der Waals surface area contributed by atoms with Gasteiger partial charge >= 0.3 is 121 Å². The fourth-order valence-electron chi connectivity index (χ4n) is 3.07. The molecule has 2 heteroatoms. The second kappa shape index (κ2) is 3.76. The van der Waals surface area contributed by atoms with Crippen LogP contribution in [0.25, 0.3) is 41.1 Å². The van der Waals surface area contributed by atoms with Gasteiger partial charge in [-0.25, -0.2) is 0 Å². The molecule has 0 amide bonds. The van der Waals surface area contributed by atoms with Crippen molar-refractivity contribution in [3.05, 3.63) is 60.7 Å². The van der Waals surface area contributed by atoms with Crippen LogP contribution >= 0.6 is 0 Å². The first-order chi connectivity index (χ1) is 9.90. The van der Waals surface area contributed by atoms with Gasteiger partial charge in [-0.2, -0.15) is 0 Å². The van der Waals surface area contributed by atoms with Crippen molar-refractivity contribution in [1.29, 1.82) is 0 Å². The molecule has 0 spiro atoms. The van der Waals surface area contributed by atoms with Crippen LogP contribution in [0, 0.1) is 0 Å². The molecule has 5 aromatic rings. The summed E-state index contributed by atoms with van der Waals surface area (Å²) in [4.78, 5) is 3.54. The van der Waals surface area contributed by atoms with Gasteiger partial charge in [-0.15, -0.1) is 0 Å². The van der Waals surface area contributed by atoms with Crippen LogP contribution in [0.1, 0.15) is 0 Å². The Morgan fingerprint density at radius 3 is 2.35 bits per heavy atom. The number of rotatable bonds is 0. The van der Waals surface area contributed by atoms with E-state index in [4.69, 9.17) is 0 Å². The van der Waals surface area contributed by atoms with Crippen molar-refractivity contribution in [3.8, 4) is 0 Å². The monoisotopic (exact) mass is 321 g/mol. The molecule has 0 saturated heterocycles. The topological polar surface area (TPSA) is 15.8 Å². The number of nitrogens with one attached hydrogen (secondary N) is 1. The molecule has 3 aromatic carbocycles. The van der Waals surface area contributed by atoms with E-state index in [0.29, 0.717) is 14.5 Å². The van der Waals surface area contributed by atoms with Crippen molar-refractivity contribution in [3.63, 3.8) is 0 Å². The SMILES string of the molecule is c1ccc2c(c1)[nH]c1cc3[se]c4ccccc4c3cc12. The van der Waals surface area contributed by atoms with Crippen LogP contribution < -0.4 is 0 Å². The zero-order valence-electron chi connectivity index (χ0n) is 10.7. The van der Waals surface area contributed by atoms with Crippen LogP contribution in [0.2, 0.25) is 0 Å². The molecule has 2 aromatic heterocycles. The van der Waals surface area contributed by atoms with E-state index in [1.54, 1.807) is 0 Å². The average molecular weight is 320 g/mol. The second-order valence-corrected chi connectivity index (χ2v) is 7.44. The van der Waals surface area contributed by atoms with Crippen LogP contribution in [-0.4, -0.2) is 19.5 Å². The number of para-hydroxylation sites is 1. The summed E-state index contributed by atoms with van der Waals surface area (Å²) in [6, 6.07) is 22.1. The molecule has 0 aliphatic rings. The summed E-state index contributed by atoms with van der Waals surface area (Å²) >= 11 is 0.442. The molecule has 0 bridgehead atoms. The van der Waals surface area contributed by atoms with Gasteiger partial charge in [0.2, 0.25) is 0 Å². The fraction of sp³-hybridized carbons (Fsp3) is 0. The van der Waals surface area contributed by atoms with Crippen LogP contribution in [0.5, 0.6) is 0 Å². The van der Waals surface area contributed by atoms with Crippen molar-refractivity contribution in [2.24, 2.45) is 0 Å². The number of hydrogen-bond donors (Lipinski definition) is 1. The average Bonchev–Trinajstić information content (AvgIpc) is 3.02. The summed E-state index contributed by atoms with van der Waals surface area (Å²) in [5.74, 6) is 0. The van der Waals surface area contributed by atoms with Gasteiger partial charge in [-0.05, 0) is 0 Å². The van der Waals surface area contributed by atoms with Gasteiger partial charge in [0.05, 0.1) is 0 Å². The number of aromatic amines is 1. The number of benzene rings is 3. The summed E-state index contributed by atoms with van der Waals surface area (Å²) in [5, 5.41) is 5.52. The third-order valence-electron chi connectivity index (χ3n) is 4.00. The molecule has 0 fully saturated rings. The van der Waals surface area contributed by atoms with E-state index in [9.17, 15) is 0 Å². The van der Waals surface area contributed by atoms with E-state index in [1.165, 1.54) is 41.1 Å². The molecule has 5 rings (SSSR count). The van der Waals surface area contributed by atoms with Gasteiger partial charge in [-0.1, -0.05) is 0 Å². The first kappa shape index (κ1) is 10.7. The van der Waals surface area contributed by atoms with Gasteiger partial charge in [0.15, 0.2) is 0 Å². The Hall–Kier alpha value is -2.02. The second-order valence-electron chi connectivity index (χ2n) is 5.16. The zero-order chi connectivity index (χ0) is 13.1. The Bertz CT molecular complexity index is 1010. The quantitative estimate of drug-likeness (QED) is 0.399. The molecule has 0 saturated carbocycles. The van der Waals surface area contributed by atoms with Gasteiger partial charge in [-0.3, -0.25) is 0 Å². The normalized spacial score (nSPS) is 12.0. The Morgan fingerprint density at radius 1 is 0.600 bits per heavy atom. The predicted octanol–water partition coefficient (Wildman–Crippen LogP) is 4.68. The zero-order valence-corrected chi connectivity index (χ0v) is 12.4. The molecule has 0 radical (unpaired) electrons. The van der Waals surface area contributed by atoms with E-state index < -0.39 is 0 Å². The van der Waals surface area contributed by atoms with Crippen LogP contribution in [0.4, 0.5) is 0 Å². The summed E-state index contributed by atoms with van der Waals surface area (Å²) in [6.45, 7) is 0. The molecule has 94 valence electrons. The number of fused-ring (bicyclic) bond motifs is 6. The molecule has 2 heterocycles. The van der Waals surface area contributed by atoms with Crippen molar-refractivity contribution in [2.75, 3.05) is 0 Å². The summed E-state index contributed by atoms with van der Waals surface area (Å²) < 4.78 is 3.00. The van der Waals surface area contributed by atoms with Crippen molar-refractivity contribution in [1.82, 2.24) is 4.98 Å². The molecule has 1 N–H and O–H groups in total. The third-order valence-corrected chi connectivity index (χ3v) is 6.38. The fourth-order valence-corrected chi connectivity index (χ4v) is 5.43. The molecule has 0 aliphatic carbocycles. The number of hydrogen-bond acceptors (Lipinski definition) is 0. The summed E-state index contributed by atoms with van der Waals surface area (Å²) in [7, 11) is 0. The van der Waals surface area contributed by atoms with Gasteiger partial charge in [0.25, 0.3) is 0 Å². The number of H-pyrrole nitrogens is 1. The van der Waals surface area contributed by atoms with E-state index in [-0.39, 0.29) is 0 Å². The van der Waals surface area contributed by atoms with Crippen molar-refractivity contribution >= 4 is 55.6 Å². The first-order valence-corrected chi connectivity index (χ1v) is 8.43. The number of aromatic nitrogens is 1. The van der Waals surface area contributed by atoms with Crippen LogP contribution in [0.3, 0.4) is 0 Å². The van der Waals surface area contributed by atoms with Crippen molar-refractivity contribution < 1.29 is 0 Å². The van der Waals surface area contributed by atoms with Crippen LogP contribution in [0.15, 0.2) is 60.7 Å².